The molecule has 16 heavy (non-hydrogen) atoms. The molecule has 1 saturated heterocycles. The van der Waals surface area contributed by atoms with Crippen LogP contribution in [0.2, 0.25) is 0 Å². The van der Waals surface area contributed by atoms with Crippen molar-refractivity contribution in [1.29, 1.82) is 0 Å². The molecule has 0 aromatic rings. The molecule has 1 saturated carbocycles. The number of likely N-dealkylation sites (tertiary alicyclic amines) is 1. The number of nitrogens with two attached hydrogens (primary N) is 1. The maximum atomic E-state index is 13.3. The van der Waals surface area contributed by atoms with Crippen LogP contribution >= 0.6 is 0 Å². The Labute approximate surface area is 94.9 Å². The summed E-state index contributed by atoms with van der Waals surface area (Å²) < 4.78 is 18.3. The van der Waals surface area contributed by atoms with Gasteiger partial charge in [-0.15, -0.1) is 0 Å². The second-order valence-electron chi connectivity index (χ2n) is 5.19. The van der Waals surface area contributed by atoms with Crippen molar-refractivity contribution in [3.8, 4) is 0 Å². The molecule has 2 N–H and O–H groups in total. The fourth-order valence-corrected chi connectivity index (χ4v) is 2.75. The van der Waals surface area contributed by atoms with Crippen molar-refractivity contribution in [3.05, 3.63) is 0 Å². The van der Waals surface area contributed by atoms with E-state index in [1.165, 1.54) is 0 Å². The van der Waals surface area contributed by atoms with Crippen LogP contribution in [0.15, 0.2) is 0 Å². The minimum absolute atomic E-state index is 0.0354. The minimum Gasteiger partial charge on any atom is -0.446 e. The average molecular weight is 230 g/mol. The Hall–Kier alpha value is -0.840. The molecule has 0 bridgehead atoms. The van der Waals surface area contributed by atoms with Crippen molar-refractivity contribution in [2.75, 3.05) is 13.1 Å². The second kappa shape index (κ2) is 4.20. The van der Waals surface area contributed by atoms with E-state index < -0.39 is 11.8 Å². The van der Waals surface area contributed by atoms with Gasteiger partial charge in [-0.2, -0.15) is 0 Å². The predicted octanol–water partition coefficient (Wildman–Crippen LogP) is 1.44. The average Bonchev–Trinajstić information content (AvgIpc) is 2.14. The van der Waals surface area contributed by atoms with Crippen LogP contribution < -0.4 is 5.73 Å². The molecule has 0 spiro atoms. The second-order valence-corrected chi connectivity index (χ2v) is 5.19. The summed E-state index contributed by atoms with van der Waals surface area (Å²) in [5.41, 5.74) is 3.97. The van der Waals surface area contributed by atoms with E-state index in [0.29, 0.717) is 19.1 Å². The zero-order valence-corrected chi connectivity index (χ0v) is 9.62. The lowest BCUT2D eigenvalue weighted by molar-refractivity contribution is -0.0610. The van der Waals surface area contributed by atoms with Crippen molar-refractivity contribution in [1.82, 2.24) is 4.90 Å². The summed E-state index contributed by atoms with van der Waals surface area (Å²) in [7, 11) is 0. The van der Waals surface area contributed by atoms with Crippen LogP contribution in [0.25, 0.3) is 0 Å². The molecule has 1 aliphatic carbocycles. The smallest absolute Gasteiger partial charge is 0.404 e. The number of carbonyl (C=O) groups excluding carboxylic acids is 1. The molecule has 5 heteroatoms. The molecule has 4 nitrogen and oxygen atoms in total. The topological polar surface area (TPSA) is 55.6 Å². The van der Waals surface area contributed by atoms with E-state index in [0.717, 1.165) is 25.7 Å². The van der Waals surface area contributed by atoms with Gasteiger partial charge >= 0.3 is 6.09 Å². The van der Waals surface area contributed by atoms with Crippen molar-refractivity contribution >= 4 is 6.09 Å². The Morgan fingerprint density at radius 3 is 2.38 bits per heavy atom. The first-order valence-electron chi connectivity index (χ1n) is 5.85. The Balaban J connectivity index is 1.72. The number of hydrogen-bond donors (Lipinski definition) is 1. The quantitative estimate of drug-likeness (QED) is 0.781. The van der Waals surface area contributed by atoms with Gasteiger partial charge in [0.25, 0.3) is 0 Å². The highest BCUT2D eigenvalue weighted by molar-refractivity contribution is 5.64. The highest BCUT2D eigenvalue weighted by Crippen LogP contribution is 2.33. The molecular weight excluding hydrogens is 211 g/mol. The number of primary amides is 1. The van der Waals surface area contributed by atoms with Crippen LogP contribution in [0.1, 0.15) is 32.6 Å². The van der Waals surface area contributed by atoms with Gasteiger partial charge in [0.1, 0.15) is 11.8 Å². The first kappa shape index (κ1) is 11.6. The van der Waals surface area contributed by atoms with Gasteiger partial charge in [-0.25, -0.2) is 9.18 Å². The van der Waals surface area contributed by atoms with Gasteiger partial charge in [-0.05, 0) is 32.6 Å². The number of nitrogens with zero attached hydrogens (tertiary/aromatic N) is 1. The molecular formula is C11H19FN2O2. The first-order valence-corrected chi connectivity index (χ1v) is 5.85. The number of amides is 1. The molecule has 2 rings (SSSR count). The Morgan fingerprint density at radius 1 is 1.38 bits per heavy atom. The predicted molar refractivity (Wildman–Crippen MR) is 57.8 cm³/mol. The van der Waals surface area contributed by atoms with Crippen LogP contribution in [-0.4, -0.2) is 41.9 Å². The summed E-state index contributed by atoms with van der Waals surface area (Å²) in [6.07, 6.45) is 2.89. The number of rotatable bonds is 2. The highest BCUT2D eigenvalue weighted by Gasteiger charge is 2.43. The molecule has 92 valence electrons. The van der Waals surface area contributed by atoms with Crippen molar-refractivity contribution in [2.45, 2.75) is 50.4 Å². The van der Waals surface area contributed by atoms with Gasteiger partial charge < -0.3 is 10.5 Å². The number of ether oxygens (including phenoxy) is 1. The fraction of sp³-hybridized carbons (Fsp3) is 0.909. The summed E-state index contributed by atoms with van der Waals surface area (Å²) in [5.74, 6) is 0. The molecule has 0 aromatic heterocycles. The monoisotopic (exact) mass is 230 g/mol. The van der Waals surface area contributed by atoms with E-state index in [1.807, 2.05) is 0 Å². The zero-order chi connectivity index (χ0) is 11.8. The lowest BCUT2D eigenvalue weighted by atomic mass is 9.87. The van der Waals surface area contributed by atoms with Crippen LogP contribution in [0.3, 0.4) is 0 Å². The van der Waals surface area contributed by atoms with Crippen LogP contribution in [0, 0.1) is 0 Å². The van der Waals surface area contributed by atoms with E-state index in [2.05, 4.69) is 4.90 Å². The Kier molecular flexibility index (Phi) is 3.06. The van der Waals surface area contributed by atoms with E-state index in [1.54, 1.807) is 6.92 Å². The van der Waals surface area contributed by atoms with E-state index in [4.69, 9.17) is 10.5 Å². The fourth-order valence-electron chi connectivity index (χ4n) is 2.75. The van der Waals surface area contributed by atoms with Gasteiger partial charge in [-0.3, -0.25) is 4.90 Å². The van der Waals surface area contributed by atoms with Crippen molar-refractivity contribution in [3.63, 3.8) is 0 Å². The van der Waals surface area contributed by atoms with E-state index in [-0.39, 0.29) is 6.10 Å². The summed E-state index contributed by atoms with van der Waals surface area (Å²) in [6.45, 7) is 2.73. The highest BCUT2D eigenvalue weighted by atomic mass is 19.1. The summed E-state index contributed by atoms with van der Waals surface area (Å²) in [4.78, 5) is 12.8. The van der Waals surface area contributed by atoms with Gasteiger partial charge in [0.15, 0.2) is 0 Å². The van der Waals surface area contributed by atoms with Crippen molar-refractivity contribution < 1.29 is 13.9 Å². The largest absolute Gasteiger partial charge is 0.446 e. The number of hydrogen-bond acceptors (Lipinski definition) is 3. The third-order valence-corrected chi connectivity index (χ3v) is 3.51. The SMILES string of the molecule is CC1(F)CN(C2CCC(OC(N)=O)CC2)C1. The molecule has 1 heterocycles. The number of alkyl halides is 1. The molecule has 0 radical (unpaired) electrons. The minimum atomic E-state index is -0.999. The number of halogens is 1. The van der Waals surface area contributed by atoms with Gasteiger partial charge in [0.05, 0.1) is 0 Å². The van der Waals surface area contributed by atoms with Gasteiger partial charge in [-0.1, -0.05) is 0 Å². The molecule has 2 fully saturated rings. The molecule has 2 aliphatic rings. The van der Waals surface area contributed by atoms with E-state index in [9.17, 15) is 9.18 Å². The lowest BCUT2D eigenvalue weighted by Crippen LogP contribution is -2.61. The molecule has 1 aliphatic heterocycles. The van der Waals surface area contributed by atoms with Crippen LogP contribution in [0.5, 0.6) is 0 Å². The molecule has 0 atom stereocenters. The van der Waals surface area contributed by atoms with Gasteiger partial charge in [0, 0.05) is 19.1 Å². The summed E-state index contributed by atoms with van der Waals surface area (Å²) in [6, 6.07) is 0.455. The van der Waals surface area contributed by atoms with Crippen molar-refractivity contribution in [2.24, 2.45) is 5.73 Å². The molecule has 0 aromatic carbocycles. The number of carbonyl (C=O) groups is 1. The standard InChI is InChI=1S/C11H19FN2O2/c1-11(12)6-14(7-11)8-2-4-9(5-3-8)16-10(13)15/h8-9H,2-7H2,1H3,(H2,13,15). The third-order valence-electron chi connectivity index (χ3n) is 3.51. The molecule has 0 unspecified atom stereocenters. The maximum absolute atomic E-state index is 13.3. The van der Waals surface area contributed by atoms with Gasteiger partial charge in [0.2, 0.25) is 0 Å². The first-order chi connectivity index (χ1) is 7.46. The maximum Gasteiger partial charge on any atom is 0.404 e. The summed E-state index contributed by atoms with van der Waals surface area (Å²) in [5, 5.41) is 0. The third kappa shape index (κ3) is 2.64. The van der Waals surface area contributed by atoms with E-state index >= 15 is 0 Å². The Morgan fingerprint density at radius 2 is 1.94 bits per heavy atom. The molecule has 1 amide bonds. The Bertz CT molecular complexity index is 267. The zero-order valence-electron chi connectivity index (χ0n) is 9.62. The summed E-state index contributed by atoms with van der Waals surface area (Å²) >= 11 is 0. The van der Waals surface area contributed by atoms with Crippen LogP contribution in [0.4, 0.5) is 9.18 Å². The lowest BCUT2D eigenvalue weighted by Gasteiger charge is -2.48. The normalized spacial score (nSPS) is 34.1. The van der Waals surface area contributed by atoms with Crippen LogP contribution in [-0.2, 0) is 4.74 Å².